The van der Waals surface area contributed by atoms with Gasteiger partial charge in [0.2, 0.25) is 0 Å². The lowest BCUT2D eigenvalue weighted by molar-refractivity contribution is 0.0531. The maximum Gasteiger partial charge on any atom is 0.348 e. The Morgan fingerprint density at radius 1 is 1.38 bits per heavy atom. The lowest BCUT2D eigenvalue weighted by Gasteiger charge is -2.38. The summed E-state index contributed by atoms with van der Waals surface area (Å²) in [5.74, 6) is 1.55. The van der Waals surface area contributed by atoms with Crippen molar-refractivity contribution in [3.05, 3.63) is 26.6 Å². The Balaban J connectivity index is 1.98. The Hall–Kier alpha value is -1.73. The first kappa shape index (κ1) is 19.0. The van der Waals surface area contributed by atoms with Crippen LogP contribution in [-0.2, 0) is 4.74 Å². The van der Waals surface area contributed by atoms with E-state index in [0.29, 0.717) is 44.9 Å². The Morgan fingerprint density at radius 3 is 2.65 bits per heavy atom. The average molecular weight is 378 g/mol. The van der Waals surface area contributed by atoms with Crippen molar-refractivity contribution in [3.8, 4) is 0 Å². The number of thiophene rings is 1. The number of carbonyl (C=O) groups is 1. The second kappa shape index (κ2) is 7.48. The van der Waals surface area contributed by atoms with E-state index < -0.39 is 0 Å². The Labute approximate surface area is 157 Å². The van der Waals surface area contributed by atoms with Crippen LogP contribution in [0.4, 0.5) is 0 Å². The molecule has 142 valence electrons. The molecule has 7 heteroatoms. The molecule has 0 saturated carbocycles. The van der Waals surface area contributed by atoms with Gasteiger partial charge >= 0.3 is 5.97 Å². The topological polar surface area (TPSA) is 75.3 Å². The predicted molar refractivity (Wildman–Crippen MR) is 104 cm³/mol. The van der Waals surface area contributed by atoms with E-state index in [4.69, 9.17) is 9.72 Å². The predicted octanol–water partition coefficient (Wildman–Crippen LogP) is 3.51. The minimum absolute atomic E-state index is 0.0331. The number of aromatic amines is 1. The highest BCUT2D eigenvalue weighted by Gasteiger charge is 2.28. The zero-order chi connectivity index (χ0) is 19.0. The number of hydrogen-bond donors (Lipinski definition) is 1. The van der Waals surface area contributed by atoms with Crippen LogP contribution >= 0.6 is 11.3 Å². The van der Waals surface area contributed by atoms with Gasteiger partial charge in [-0.1, -0.05) is 13.8 Å². The monoisotopic (exact) mass is 377 g/mol. The molecule has 2 aromatic heterocycles. The molecule has 6 nitrogen and oxygen atoms in total. The van der Waals surface area contributed by atoms with Crippen molar-refractivity contribution in [2.45, 2.75) is 47.1 Å². The number of nitrogens with zero attached hydrogens (tertiary/aromatic N) is 2. The van der Waals surface area contributed by atoms with Crippen molar-refractivity contribution in [3.63, 3.8) is 0 Å². The number of fused-ring (bicyclic) bond motifs is 1. The third-order valence-corrected chi connectivity index (χ3v) is 6.29. The Kier molecular flexibility index (Phi) is 5.48. The van der Waals surface area contributed by atoms with Crippen molar-refractivity contribution < 1.29 is 9.53 Å². The summed E-state index contributed by atoms with van der Waals surface area (Å²) in [6, 6.07) is 0.0331. The van der Waals surface area contributed by atoms with Gasteiger partial charge in [-0.3, -0.25) is 9.69 Å². The molecule has 3 rings (SSSR count). The van der Waals surface area contributed by atoms with Gasteiger partial charge in [0.15, 0.2) is 0 Å². The van der Waals surface area contributed by atoms with E-state index >= 15 is 0 Å². The molecule has 0 aromatic carbocycles. The standard InChI is InChI=1S/C19H27N3O3S/c1-6-25-19(24)15-12(4)14-17(23)20-16(21-18(14)26-15)13(5)22-8-10(2)7-11(3)9-22/h10-11,13H,6-9H2,1-5H3,(H,20,21,23)/t10-,11+,13-/m1/s1. The van der Waals surface area contributed by atoms with Crippen molar-refractivity contribution in [2.24, 2.45) is 11.8 Å². The minimum Gasteiger partial charge on any atom is -0.462 e. The largest absolute Gasteiger partial charge is 0.462 e. The van der Waals surface area contributed by atoms with Gasteiger partial charge in [-0.25, -0.2) is 9.78 Å². The van der Waals surface area contributed by atoms with Crippen LogP contribution in [0.5, 0.6) is 0 Å². The van der Waals surface area contributed by atoms with Gasteiger partial charge in [0, 0.05) is 13.1 Å². The molecular formula is C19H27N3O3S. The summed E-state index contributed by atoms with van der Waals surface area (Å²) in [6.07, 6.45) is 1.24. The number of nitrogens with one attached hydrogen (secondary N) is 1. The molecule has 0 aliphatic carbocycles. The molecule has 2 aromatic rings. The van der Waals surface area contributed by atoms with Crippen LogP contribution in [0.15, 0.2) is 4.79 Å². The van der Waals surface area contributed by atoms with Gasteiger partial charge in [-0.15, -0.1) is 11.3 Å². The van der Waals surface area contributed by atoms with E-state index in [-0.39, 0.29) is 17.6 Å². The molecule has 1 saturated heterocycles. The fourth-order valence-electron chi connectivity index (χ4n) is 3.95. The first-order valence-electron chi connectivity index (χ1n) is 9.26. The Morgan fingerprint density at radius 2 is 2.04 bits per heavy atom. The van der Waals surface area contributed by atoms with Crippen LogP contribution in [-0.4, -0.2) is 40.5 Å². The van der Waals surface area contributed by atoms with E-state index in [0.717, 1.165) is 13.1 Å². The average Bonchev–Trinajstić information content (AvgIpc) is 2.90. The summed E-state index contributed by atoms with van der Waals surface area (Å²) in [5, 5.41) is 0.495. The lowest BCUT2D eigenvalue weighted by atomic mass is 9.91. The van der Waals surface area contributed by atoms with Crippen LogP contribution in [0, 0.1) is 18.8 Å². The number of H-pyrrole nitrogens is 1. The molecule has 1 aliphatic rings. The van der Waals surface area contributed by atoms with E-state index in [1.54, 1.807) is 13.8 Å². The number of likely N-dealkylation sites (tertiary alicyclic amines) is 1. The first-order valence-corrected chi connectivity index (χ1v) is 10.1. The smallest absolute Gasteiger partial charge is 0.348 e. The molecule has 3 heterocycles. The fraction of sp³-hybridized carbons (Fsp3) is 0.632. The van der Waals surface area contributed by atoms with Crippen molar-refractivity contribution in [2.75, 3.05) is 19.7 Å². The van der Waals surface area contributed by atoms with Crippen LogP contribution in [0.25, 0.3) is 10.2 Å². The zero-order valence-electron chi connectivity index (χ0n) is 16.1. The number of aryl methyl sites for hydroxylation is 1. The SMILES string of the molecule is CCOC(=O)c1sc2nc([C@@H](C)N3C[C@H](C)C[C@H](C)C3)[nH]c(=O)c2c1C. The van der Waals surface area contributed by atoms with Gasteiger partial charge in [0.1, 0.15) is 15.5 Å². The van der Waals surface area contributed by atoms with E-state index in [9.17, 15) is 9.59 Å². The summed E-state index contributed by atoms with van der Waals surface area (Å²) in [6.45, 7) is 12.5. The number of aromatic nitrogens is 2. The van der Waals surface area contributed by atoms with Crippen LogP contribution in [0.3, 0.4) is 0 Å². The third-order valence-electron chi connectivity index (χ3n) is 5.12. The fourth-order valence-corrected chi connectivity index (χ4v) is 5.03. The summed E-state index contributed by atoms with van der Waals surface area (Å²) < 4.78 is 5.10. The molecule has 26 heavy (non-hydrogen) atoms. The number of piperidine rings is 1. The highest BCUT2D eigenvalue weighted by Crippen LogP contribution is 2.31. The summed E-state index contributed by atoms with van der Waals surface area (Å²) in [7, 11) is 0. The van der Waals surface area contributed by atoms with Crippen LogP contribution in [0.1, 0.15) is 61.2 Å². The Bertz CT molecular complexity index is 863. The van der Waals surface area contributed by atoms with E-state index in [2.05, 4.69) is 30.7 Å². The molecule has 0 spiro atoms. The number of carbonyl (C=O) groups excluding carboxylic acids is 1. The maximum atomic E-state index is 12.7. The number of esters is 1. The maximum absolute atomic E-state index is 12.7. The van der Waals surface area contributed by atoms with Gasteiger partial charge in [-0.2, -0.15) is 0 Å². The molecule has 0 radical (unpaired) electrons. The number of ether oxygens (including phenoxy) is 1. The summed E-state index contributed by atoms with van der Waals surface area (Å²) >= 11 is 1.24. The third kappa shape index (κ3) is 3.55. The second-order valence-corrected chi connectivity index (χ2v) is 8.48. The second-order valence-electron chi connectivity index (χ2n) is 7.48. The molecule has 1 aliphatic heterocycles. The molecule has 1 N–H and O–H groups in total. The number of rotatable bonds is 4. The molecule has 3 atom stereocenters. The quantitative estimate of drug-likeness (QED) is 0.825. The van der Waals surface area contributed by atoms with Crippen LogP contribution < -0.4 is 5.56 Å². The minimum atomic E-state index is -0.388. The van der Waals surface area contributed by atoms with E-state index in [1.807, 2.05) is 0 Å². The summed E-state index contributed by atoms with van der Waals surface area (Å²) in [4.78, 5) is 35.9. The highest BCUT2D eigenvalue weighted by molar-refractivity contribution is 7.20. The normalized spacial score (nSPS) is 22.5. The zero-order valence-corrected chi connectivity index (χ0v) is 16.9. The molecule has 0 amide bonds. The van der Waals surface area contributed by atoms with Gasteiger partial charge in [0.25, 0.3) is 5.56 Å². The van der Waals surface area contributed by atoms with Crippen molar-refractivity contribution in [1.82, 2.24) is 14.9 Å². The molecule has 0 unspecified atom stereocenters. The number of hydrogen-bond acceptors (Lipinski definition) is 6. The van der Waals surface area contributed by atoms with Gasteiger partial charge in [-0.05, 0) is 44.6 Å². The van der Waals surface area contributed by atoms with Gasteiger partial charge in [0.05, 0.1) is 18.0 Å². The highest BCUT2D eigenvalue weighted by atomic mass is 32.1. The van der Waals surface area contributed by atoms with Crippen molar-refractivity contribution in [1.29, 1.82) is 0 Å². The van der Waals surface area contributed by atoms with Crippen molar-refractivity contribution >= 4 is 27.5 Å². The molecule has 0 bridgehead atoms. The lowest BCUT2D eigenvalue weighted by Crippen LogP contribution is -2.41. The summed E-state index contributed by atoms with van der Waals surface area (Å²) in [5.41, 5.74) is 0.468. The molecule has 1 fully saturated rings. The first-order chi connectivity index (χ1) is 12.3. The van der Waals surface area contributed by atoms with Crippen LogP contribution in [0.2, 0.25) is 0 Å². The van der Waals surface area contributed by atoms with E-state index in [1.165, 1.54) is 17.8 Å². The van der Waals surface area contributed by atoms with Gasteiger partial charge < -0.3 is 9.72 Å². The molecular weight excluding hydrogens is 350 g/mol.